The van der Waals surface area contributed by atoms with Crippen LogP contribution in [-0.2, 0) is 6.54 Å². The minimum Gasteiger partial charge on any atom is -0.394 e. The number of aryl methyl sites for hydroxylation is 1. The third-order valence-electron chi connectivity index (χ3n) is 3.24. The molecule has 1 aromatic heterocycles. The Morgan fingerprint density at radius 1 is 1.62 bits per heavy atom. The first-order valence-electron chi connectivity index (χ1n) is 5.85. The van der Waals surface area contributed by atoms with Crippen molar-refractivity contribution in [1.82, 2.24) is 9.47 Å². The van der Waals surface area contributed by atoms with Gasteiger partial charge in [-0.25, -0.2) is 0 Å². The van der Waals surface area contributed by atoms with Crippen LogP contribution in [0.3, 0.4) is 0 Å². The molecule has 1 aromatic rings. The Bertz CT molecular complexity index is 373. The van der Waals surface area contributed by atoms with Crippen molar-refractivity contribution in [2.24, 2.45) is 0 Å². The van der Waals surface area contributed by atoms with Crippen LogP contribution in [-0.4, -0.2) is 39.7 Å². The molecule has 2 heterocycles. The topological polar surface area (TPSA) is 45.5 Å². The third kappa shape index (κ3) is 1.85. The molecule has 0 spiro atoms. The van der Waals surface area contributed by atoms with Gasteiger partial charge in [0.25, 0.3) is 5.91 Å². The Morgan fingerprint density at radius 3 is 3.12 bits per heavy atom. The summed E-state index contributed by atoms with van der Waals surface area (Å²) in [6, 6.07) is 3.74. The maximum atomic E-state index is 12.3. The normalized spacial score (nSPS) is 20.4. The summed E-state index contributed by atoms with van der Waals surface area (Å²) in [5.41, 5.74) is 0.725. The highest BCUT2D eigenvalue weighted by Gasteiger charge is 2.29. The molecule has 0 aliphatic carbocycles. The standard InChI is InChI=1S/C12H18N2O2/c1-2-13-7-4-6-11(13)12(16)14-8-3-5-10(14)9-15/h4,6-7,10,15H,2-3,5,8-9H2,1H3/t10-/m0/s1. The molecule has 1 amide bonds. The second-order valence-electron chi connectivity index (χ2n) is 4.16. The van der Waals surface area contributed by atoms with E-state index in [1.807, 2.05) is 29.8 Å². The Balaban J connectivity index is 2.18. The Morgan fingerprint density at radius 2 is 2.44 bits per heavy atom. The van der Waals surface area contributed by atoms with Crippen molar-refractivity contribution in [2.75, 3.05) is 13.2 Å². The van der Waals surface area contributed by atoms with Gasteiger partial charge in [-0.2, -0.15) is 0 Å². The van der Waals surface area contributed by atoms with Gasteiger partial charge in [0.1, 0.15) is 5.69 Å². The number of amides is 1. The van der Waals surface area contributed by atoms with E-state index in [1.165, 1.54) is 0 Å². The molecule has 4 heteroatoms. The smallest absolute Gasteiger partial charge is 0.270 e. The van der Waals surface area contributed by atoms with Crippen LogP contribution in [0.5, 0.6) is 0 Å². The van der Waals surface area contributed by atoms with Crippen LogP contribution < -0.4 is 0 Å². The lowest BCUT2D eigenvalue weighted by molar-refractivity contribution is 0.0667. The van der Waals surface area contributed by atoms with Gasteiger partial charge in [-0.05, 0) is 31.9 Å². The van der Waals surface area contributed by atoms with E-state index in [9.17, 15) is 9.90 Å². The molecule has 1 N–H and O–H groups in total. The van der Waals surface area contributed by atoms with Crippen molar-refractivity contribution in [3.05, 3.63) is 24.0 Å². The van der Waals surface area contributed by atoms with E-state index in [2.05, 4.69) is 0 Å². The molecular weight excluding hydrogens is 204 g/mol. The van der Waals surface area contributed by atoms with Gasteiger partial charge >= 0.3 is 0 Å². The van der Waals surface area contributed by atoms with Crippen molar-refractivity contribution in [3.63, 3.8) is 0 Å². The predicted octanol–water partition coefficient (Wildman–Crippen LogP) is 1.10. The number of nitrogens with zero attached hydrogens (tertiary/aromatic N) is 2. The lowest BCUT2D eigenvalue weighted by atomic mass is 10.2. The number of hydrogen-bond acceptors (Lipinski definition) is 2. The molecule has 1 aliphatic rings. The number of aliphatic hydroxyl groups excluding tert-OH is 1. The molecule has 4 nitrogen and oxygen atoms in total. The Hall–Kier alpha value is -1.29. The molecule has 1 fully saturated rings. The molecule has 16 heavy (non-hydrogen) atoms. The Labute approximate surface area is 95.5 Å². The summed E-state index contributed by atoms with van der Waals surface area (Å²) in [5.74, 6) is 0.0448. The summed E-state index contributed by atoms with van der Waals surface area (Å²) >= 11 is 0. The van der Waals surface area contributed by atoms with Gasteiger partial charge < -0.3 is 14.6 Å². The van der Waals surface area contributed by atoms with E-state index in [1.54, 1.807) is 4.90 Å². The molecule has 1 saturated heterocycles. The summed E-state index contributed by atoms with van der Waals surface area (Å²) in [4.78, 5) is 14.0. The van der Waals surface area contributed by atoms with Crippen LogP contribution in [0.2, 0.25) is 0 Å². The Kier molecular flexibility index (Phi) is 3.29. The number of carbonyl (C=O) groups excluding carboxylic acids is 1. The highest BCUT2D eigenvalue weighted by molar-refractivity contribution is 5.93. The summed E-state index contributed by atoms with van der Waals surface area (Å²) in [6.07, 6.45) is 3.82. The third-order valence-corrected chi connectivity index (χ3v) is 3.24. The lowest BCUT2D eigenvalue weighted by Crippen LogP contribution is -2.38. The quantitative estimate of drug-likeness (QED) is 0.832. The molecule has 0 bridgehead atoms. The first-order valence-corrected chi connectivity index (χ1v) is 5.85. The fourth-order valence-corrected chi connectivity index (χ4v) is 2.32. The number of aliphatic hydroxyl groups is 1. The van der Waals surface area contributed by atoms with Crippen LogP contribution >= 0.6 is 0 Å². The van der Waals surface area contributed by atoms with E-state index in [4.69, 9.17) is 0 Å². The van der Waals surface area contributed by atoms with Crippen molar-refractivity contribution < 1.29 is 9.90 Å². The lowest BCUT2D eigenvalue weighted by Gasteiger charge is -2.23. The summed E-state index contributed by atoms with van der Waals surface area (Å²) < 4.78 is 1.94. The van der Waals surface area contributed by atoms with E-state index < -0.39 is 0 Å². The van der Waals surface area contributed by atoms with Crippen LogP contribution in [0.15, 0.2) is 18.3 Å². The molecule has 0 radical (unpaired) electrons. The summed E-state index contributed by atoms with van der Waals surface area (Å²) in [5, 5.41) is 9.21. The number of aromatic nitrogens is 1. The fourth-order valence-electron chi connectivity index (χ4n) is 2.32. The molecule has 0 saturated carbocycles. The predicted molar refractivity (Wildman–Crippen MR) is 61.3 cm³/mol. The first-order chi connectivity index (χ1) is 7.77. The van der Waals surface area contributed by atoms with Gasteiger partial charge in [0.05, 0.1) is 12.6 Å². The molecule has 1 aliphatic heterocycles. The highest BCUT2D eigenvalue weighted by Crippen LogP contribution is 2.19. The number of hydrogen-bond donors (Lipinski definition) is 1. The van der Waals surface area contributed by atoms with Gasteiger partial charge in [-0.15, -0.1) is 0 Å². The van der Waals surface area contributed by atoms with Gasteiger partial charge in [0.2, 0.25) is 0 Å². The zero-order valence-corrected chi connectivity index (χ0v) is 9.59. The summed E-state index contributed by atoms with van der Waals surface area (Å²) in [7, 11) is 0. The SMILES string of the molecule is CCn1cccc1C(=O)N1CCC[C@H]1CO. The van der Waals surface area contributed by atoms with Crippen molar-refractivity contribution in [3.8, 4) is 0 Å². The average Bonchev–Trinajstić information content (AvgIpc) is 2.96. The second kappa shape index (κ2) is 4.70. The number of rotatable bonds is 3. The summed E-state index contributed by atoms with van der Waals surface area (Å²) in [6.45, 7) is 3.65. The van der Waals surface area contributed by atoms with Crippen molar-refractivity contribution in [1.29, 1.82) is 0 Å². The molecule has 2 rings (SSSR count). The average molecular weight is 222 g/mol. The van der Waals surface area contributed by atoms with Gasteiger partial charge in [-0.3, -0.25) is 4.79 Å². The molecule has 0 aromatic carbocycles. The van der Waals surface area contributed by atoms with Crippen LogP contribution in [0.25, 0.3) is 0 Å². The van der Waals surface area contributed by atoms with E-state index in [0.29, 0.717) is 0 Å². The first kappa shape index (κ1) is 11.2. The van der Waals surface area contributed by atoms with Crippen molar-refractivity contribution >= 4 is 5.91 Å². The van der Waals surface area contributed by atoms with E-state index in [0.717, 1.165) is 31.6 Å². The molecule has 88 valence electrons. The second-order valence-corrected chi connectivity index (χ2v) is 4.16. The van der Waals surface area contributed by atoms with E-state index in [-0.39, 0.29) is 18.6 Å². The van der Waals surface area contributed by atoms with E-state index >= 15 is 0 Å². The van der Waals surface area contributed by atoms with Gasteiger partial charge in [0.15, 0.2) is 0 Å². The van der Waals surface area contributed by atoms with Gasteiger partial charge in [-0.1, -0.05) is 0 Å². The fraction of sp³-hybridized carbons (Fsp3) is 0.583. The minimum absolute atomic E-state index is 0.00714. The maximum absolute atomic E-state index is 12.3. The van der Waals surface area contributed by atoms with Crippen LogP contribution in [0.1, 0.15) is 30.3 Å². The van der Waals surface area contributed by atoms with Crippen molar-refractivity contribution in [2.45, 2.75) is 32.4 Å². The van der Waals surface area contributed by atoms with Crippen LogP contribution in [0, 0.1) is 0 Å². The maximum Gasteiger partial charge on any atom is 0.270 e. The number of carbonyl (C=O) groups is 1. The minimum atomic E-state index is 0.00714. The zero-order chi connectivity index (χ0) is 11.5. The van der Waals surface area contributed by atoms with Crippen LogP contribution in [0.4, 0.5) is 0 Å². The highest BCUT2D eigenvalue weighted by atomic mass is 16.3. The zero-order valence-electron chi connectivity index (χ0n) is 9.59. The number of likely N-dealkylation sites (tertiary alicyclic amines) is 1. The molecular formula is C12H18N2O2. The molecule has 1 atom stereocenters. The largest absolute Gasteiger partial charge is 0.394 e. The monoisotopic (exact) mass is 222 g/mol. The van der Waals surface area contributed by atoms with Gasteiger partial charge in [0, 0.05) is 19.3 Å². The molecule has 0 unspecified atom stereocenters.